The molecular weight excluding hydrogens is 1010 g/mol. The lowest BCUT2D eigenvalue weighted by molar-refractivity contribution is 0.402. The average Bonchev–Trinajstić information content (AvgIpc) is 4.29. The molecule has 0 atom stereocenters. The number of nitrogens with zero attached hydrogens (tertiary/aromatic N) is 23. The minimum absolute atomic E-state index is 0.0811. The zero-order valence-electron chi connectivity index (χ0n) is 36.6. The van der Waals surface area contributed by atoms with Crippen LogP contribution in [-0.4, -0.2) is 130 Å². The number of rotatable bonds is 13. The Balaban J connectivity index is 0.758. The van der Waals surface area contributed by atoms with E-state index < -0.39 is 0 Å². The maximum absolute atomic E-state index is 5.87. The molecule has 0 fully saturated rings. The Morgan fingerprint density at radius 3 is 2.61 bits per heavy atom. The lowest BCUT2D eigenvalue weighted by Crippen LogP contribution is -2.04. The summed E-state index contributed by atoms with van der Waals surface area (Å²) in [6.45, 7) is 0. The summed E-state index contributed by atoms with van der Waals surface area (Å²) >= 11 is 3.71. The van der Waals surface area contributed by atoms with Gasteiger partial charge < -0.3 is 18.4 Å². The van der Waals surface area contributed by atoms with Crippen LogP contribution in [0.5, 0.6) is 0 Å². The number of tetrazole rings is 1. The van der Waals surface area contributed by atoms with Crippen molar-refractivity contribution in [3.63, 3.8) is 0 Å². The van der Waals surface area contributed by atoms with E-state index >= 15 is 0 Å². The number of oxazole rings is 1. The minimum atomic E-state index is 0.0811. The van der Waals surface area contributed by atoms with Crippen LogP contribution in [0.4, 0.5) is 0 Å². The van der Waals surface area contributed by atoms with Crippen LogP contribution in [0.3, 0.4) is 0 Å². The van der Waals surface area contributed by atoms with E-state index in [1.54, 1.807) is 74.0 Å². The van der Waals surface area contributed by atoms with Crippen molar-refractivity contribution >= 4 is 34.4 Å². The van der Waals surface area contributed by atoms with Gasteiger partial charge in [-0.25, -0.2) is 24.9 Å². The third-order valence-electron chi connectivity index (χ3n) is 11.1. The van der Waals surface area contributed by atoms with Crippen molar-refractivity contribution in [1.29, 1.82) is 0 Å². The van der Waals surface area contributed by atoms with Gasteiger partial charge in [0.05, 0.1) is 41.4 Å². The Labute approximate surface area is 420 Å². The van der Waals surface area contributed by atoms with Gasteiger partial charge in [-0.3, -0.25) is 25.1 Å². The maximum atomic E-state index is 5.87. The van der Waals surface area contributed by atoms with E-state index in [2.05, 4.69) is 101 Å². The van der Waals surface area contributed by atoms with Gasteiger partial charge in [-0.2, -0.15) is 19.3 Å². The number of pyridine rings is 1. The van der Waals surface area contributed by atoms with Crippen LogP contribution in [0.1, 0.15) is 0 Å². The molecule has 29 nitrogen and oxygen atoms in total. The second-order valence-electron chi connectivity index (χ2n) is 15.2. The molecule has 32 heteroatoms. The van der Waals surface area contributed by atoms with E-state index in [0.29, 0.717) is 112 Å². The van der Waals surface area contributed by atoms with Crippen molar-refractivity contribution in [3.8, 4) is 141 Å². The highest BCUT2D eigenvalue weighted by Gasteiger charge is 2.31. The molecule has 74 heavy (non-hydrogen) atoms. The van der Waals surface area contributed by atoms with Gasteiger partial charge in [0.25, 0.3) is 0 Å². The van der Waals surface area contributed by atoms with Crippen LogP contribution in [0.15, 0.2) is 117 Å². The molecule has 0 aliphatic heterocycles. The maximum Gasteiger partial charge on any atom is 0.245 e. The fourth-order valence-corrected chi connectivity index (χ4v) is 9.94. The summed E-state index contributed by atoms with van der Waals surface area (Å²) < 4.78 is 27.3. The number of H-pyrrole nitrogens is 3. The smallest absolute Gasteiger partial charge is 0.245 e. The van der Waals surface area contributed by atoms with Gasteiger partial charge >= 0.3 is 0 Å². The van der Waals surface area contributed by atoms with Gasteiger partial charge in [0.2, 0.25) is 23.3 Å². The molecule has 14 aromatic rings. The fraction of sp³-hybridized carbons (Fsp3) is 0. The summed E-state index contributed by atoms with van der Waals surface area (Å²) in [4.78, 5) is 40.7. The van der Waals surface area contributed by atoms with Crippen molar-refractivity contribution in [3.05, 3.63) is 103 Å². The van der Waals surface area contributed by atoms with Gasteiger partial charge in [0.1, 0.15) is 79.4 Å². The van der Waals surface area contributed by atoms with Crippen LogP contribution in [0.2, 0.25) is 0 Å². The molecule has 14 aromatic heterocycles. The molecular formula is C42H20N26O3S3. The molecule has 0 radical (unpaired) electrons. The van der Waals surface area contributed by atoms with E-state index in [4.69, 9.17) is 37.8 Å². The molecule has 0 bridgehead atoms. The molecule has 354 valence electrons. The summed E-state index contributed by atoms with van der Waals surface area (Å²) in [6.07, 6.45) is 15.9. The number of aromatic amines is 3. The lowest BCUT2D eigenvalue weighted by Gasteiger charge is -2.08. The Morgan fingerprint density at radius 1 is 0.662 bits per heavy atom. The molecule has 14 heterocycles. The first-order valence-corrected chi connectivity index (χ1v) is 23.8. The fourth-order valence-electron chi connectivity index (χ4n) is 7.79. The van der Waals surface area contributed by atoms with Gasteiger partial charge in [-0.15, -0.1) is 31.7 Å². The second kappa shape index (κ2) is 17.7. The SMILES string of the molecule is c1cnc(-c2csnc2-c2csc(-c3conc3-c3coc(-c4[nH]cnc4-c4cc[nH]n4)n3)n2)c(-c2nccc(-c3nn[nH]c3-c3nnnn3-c3nnoc3-c3nnsc3-c3nnccc3-c3cnccn3)n2)c1. The largest absolute Gasteiger partial charge is 0.443 e. The quantitative estimate of drug-likeness (QED) is 0.117. The number of nitrogens with one attached hydrogen (secondary N) is 3. The van der Waals surface area contributed by atoms with Crippen LogP contribution >= 0.6 is 34.4 Å². The Morgan fingerprint density at radius 2 is 1.66 bits per heavy atom. The van der Waals surface area contributed by atoms with E-state index in [-0.39, 0.29) is 28.8 Å². The first kappa shape index (κ1) is 42.3. The highest BCUT2D eigenvalue weighted by atomic mass is 32.1. The first-order valence-electron chi connectivity index (χ1n) is 21.3. The molecule has 0 amide bonds. The van der Waals surface area contributed by atoms with Crippen molar-refractivity contribution in [2.24, 2.45) is 0 Å². The lowest BCUT2D eigenvalue weighted by atomic mass is 10.0. The molecule has 0 saturated heterocycles. The molecule has 0 unspecified atom stereocenters. The number of aromatic nitrogens is 26. The van der Waals surface area contributed by atoms with Crippen LogP contribution in [-0.2, 0) is 0 Å². The number of thiazole rings is 1. The summed E-state index contributed by atoms with van der Waals surface area (Å²) in [5.74, 6) is 0.943. The predicted molar refractivity (Wildman–Crippen MR) is 256 cm³/mol. The highest BCUT2D eigenvalue weighted by molar-refractivity contribution is 7.13. The van der Waals surface area contributed by atoms with Crippen molar-refractivity contribution in [2.75, 3.05) is 0 Å². The number of hydrogen-bond acceptors (Lipinski definition) is 28. The Kier molecular flexibility index (Phi) is 10.1. The van der Waals surface area contributed by atoms with E-state index in [1.807, 2.05) is 16.8 Å². The third kappa shape index (κ3) is 7.20. The van der Waals surface area contributed by atoms with Gasteiger partial charge in [-0.1, -0.05) is 20.0 Å². The van der Waals surface area contributed by atoms with E-state index in [1.165, 1.54) is 40.1 Å². The Bertz CT molecular complexity index is 4280. The van der Waals surface area contributed by atoms with Crippen LogP contribution in [0.25, 0.3) is 141 Å². The van der Waals surface area contributed by atoms with E-state index in [0.717, 1.165) is 11.5 Å². The standard InChI is InChI=1S/C42H20N26O3S3/c1-2-19(27(45-6-1)21-15-73-62-29(21)26-16-72-42(53-26)20-13-70-61-28(20)25-14-69-41(52-25)34-31(47-17-48-34)23-5-9-49-54-23)38-46-7-4-22(51-38)32-33(57-63-56-32)39-59-64-65-68(39)40-36(71-66-60-40)35-37(74-67-58-35)30-18(3-8-50-55-30)24-12-43-10-11-44-24/h1-17H,(H,47,48)(H,49,54)(H,56,57,63). The van der Waals surface area contributed by atoms with Gasteiger partial charge in [-0.05, 0) is 63.8 Å². The normalized spacial score (nSPS) is 11.5. The predicted octanol–water partition coefficient (Wildman–Crippen LogP) is 6.12. The summed E-state index contributed by atoms with van der Waals surface area (Å²) in [7, 11) is 0. The average molecular weight is 1030 g/mol. The van der Waals surface area contributed by atoms with Gasteiger partial charge in [0, 0.05) is 63.7 Å². The molecule has 0 spiro atoms. The molecule has 0 aliphatic carbocycles. The Hall–Kier alpha value is -10.6. The van der Waals surface area contributed by atoms with Crippen molar-refractivity contribution < 1.29 is 13.5 Å². The second-order valence-corrected chi connectivity index (χ2v) is 17.4. The zero-order valence-corrected chi connectivity index (χ0v) is 39.0. The molecule has 14 rings (SSSR count). The van der Waals surface area contributed by atoms with Gasteiger partial charge in [0.15, 0.2) is 11.5 Å². The van der Waals surface area contributed by atoms with Crippen molar-refractivity contribution in [2.45, 2.75) is 0 Å². The van der Waals surface area contributed by atoms with Crippen molar-refractivity contribution in [1.82, 2.24) is 130 Å². The van der Waals surface area contributed by atoms with Crippen LogP contribution < -0.4 is 0 Å². The molecule has 3 N–H and O–H groups in total. The molecule has 0 aliphatic rings. The number of hydrogen-bond donors (Lipinski definition) is 3. The van der Waals surface area contributed by atoms with E-state index in [9.17, 15) is 0 Å². The highest BCUT2D eigenvalue weighted by Crippen LogP contribution is 2.42. The summed E-state index contributed by atoms with van der Waals surface area (Å²) in [5.41, 5.74) is 9.16. The monoisotopic (exact) mass is 1030 g/mol. The topological polar surface area (TPSA) is 375 Å². The molecule has 0 saturated carbocycles. The zero-order chi connectivity index (χ0) is 49.0. The number of imidazole rings is 1. The third-order valence-corrected chi connectivity index (χ3v) is 13.3. The first-order chi connectivity index (χ1) is 36.7. The summed E-state index contributed by atoms with van der Waals surface area (Å²) in [6, 6.07) is 8.92. The molecule has 0 aromatic carbocycles. The minimum Gasteiger partial charge on any atom is -0.443 e. The van der Waals surface area contributed by atoms with Crippen LogP contribution in [0, 0.1) is 0 Å². The summed E-state index contributed by atoms with van der Waals surface area (Å²) in [5, 5.41) is 60.5.